The van der Waals surface area contributed by atoms with Crippen LogP contribution < -0.4 is 16.0 Å². The molecule has 0 spiro atoms. The quantitative estimate of drug-likeness (QED) is 0.732. The van der Waals surface area contributed by atoms with Crippen molar-refractivity contribution in [1.29, 1.82) is 0 Å². The molecule has 5 heteroatoms. The van der Waals surface area contributed by atoms with E-state index in [4.69, 9.17) is 4.74 Å². The van der Waals surface area contributed by atoms with Crippen LogP contribution in [0.2, 0.25) is 0 Å². The van der Waals surface area contributed by atoms with Gasteiger partial charge in [-0.3, -0.25) is 0 Å². The highest BCUT2D eigenvalue weighted by atomic mass is 16.5. The molecule has 0 unspecified atom stereocenters. The molecule has 2 rings (SSSR count). The Morgan fingerprint density at radius 3 is 2.33 bits per heavy atom. The van der Waals surface area contributed by atoms with Crippen molar-refractivity contribution in [1.82, 2.24) is 16.0 Å². The van der Waals surface area contributed by atoms with Gasteiger partial charge in [0, 0.05) is 23.3 Å². The van der Waals surface area contributed by atoms with Gasteiger partial charge in [0.05, 0.1) is 13.2 Å². The first-order chi connectivity index (χ1) is 9.76. The Morgan fingerprint density at radius 2 is 1.76 bits per heavy atom. The minimum atomic E-state index is -0.104. The summed E-state index contributed by atoms with van der Waals surface area (Å²) in [6.07, 6.45) is 5.54. The molecule has 3 N–H and O–H groups in total. The molecule has 0 aromatic rings. The van der Waals surface area contributed by atoms with E-state index in [0.29, 0.717) is 0 Å². The fourth-order valence-corrected chi connectivity index (χ4v) is 3.60. The number of amides is 2. The number of rotatable bonds is 2. The van der Waals surface area contributed by atoms with Crippen LogP contribution >= 0.6 is 0 Å². The van der Waals surface area contributed by atoms with Gasteiger partial charge in [-0.1, -0.05) is 0 Å². The van der Waals surface area contributed by atoms with Gasteiger partial charge < -0.3 is 20.7 Å². The molecule has 0 radical (unpaired) electrons. The molecule has 5 nitrogen and oxygen atoms in total. The fraction of sp³-hybridized carbons (Fsp3) is 0.812. The van der Waals surface area contributed by atoms with Crippen LogP contribution in [-0.2, 0) is 4.74 Å². The molecule has 21 heavy (non-hydrogen) atoms. The molecule has 120 valence electrons. The Labute approximate surface area is 127 Å². The third-order valence-electron chi connectivity index (χ3n) is 4.07. The van der Waals surface area contributed by atoms with Crippen LogP contribution in [0.5, 0.6) is 0 Å². The fourth-order valence-electron chi connectivity index (χ4n) is 3.60. The molecule has 0 atom stereocenters. The van der Waals surface area contributed by atoms with Gasteiger partial charge >= 0.3 is 6.03 Å². The lowest BCUT2D eigenvalue weighted by atomic mass is 9.80. The summed E-state index contributed by atoms with van der Waals surface area (Å²) in [4.78, 5) is 12.1. The number of urea groups is 1. The molecule has 0 saturated carbocycles. The smallest absolute Gasteiger partial charge is 0.318 e. The van der Waals surface area contributed by atoms with E-state index in [-0.39, 0.29) is 23.2 Å². The van der Waals surface area contributed by atoms with Crippen molar-refractivity contribution in [2.24, 2.45) is 0 Å². The van der Waals surface area contributed by atoms with Crippen LogP contribution in [0.1, 0.15) is 53.4 Å². The van der Waals surface area contributed by atoms with E-state index in [2.05, 4.69) is 43.6 Å². The van der Waals surface area contributed by atoms with Crippen LogP contribution in [0.4, 0.5) is 4.79 Å². The van der Waals surface area contributed by atoms with E-state index in [1.807, 2.05) is 6.20 Å². The maximum absolute atomic E-state index is 12.1. The van der Waals surface area contributed by atoms with E-state index in [0.717, 1.165) is 38.9 Å². The van der Waals surface area contributed by atoms with Gasteiger partial charge in [-0.2, -0.15) is 0 Å². The average molecular weight is 295 g/mol. The number of nitrogens with one attached hydrogen (secondary N) is 3. The number of hydrogen-bond acceptors (Lipinski definition) is 3. The second-order valence-corrected chi connectivity index (χ2v) is 7.53. The van der Waals surface area contributed by atoms with Gasteiger partial charge in [0.15, 0.2) is 0 Å². The van der Waals surface area contributed by atoms with Crippen molar-refractivity contribution in [2.45, 2.75) is 70.5 Å². The van der Waals surface area contributed by atoms with Crippen molar-refractivity contribution in [3.8, 4) is 0 Å². The lowest BCUT2D eigenvalue weighted by Gasteiger charge is -2.46. The summed E-state index contributed by atoms with van der Waals surface area (Å²) in [6, 6.07) is 0.0943. The molecule has 2 aliphatic rings. The molecule has 2 heterocycles. The Bertz CT molecular complexity index is 392. The third kappa shape index (κ3) is 5.32. The van der Waals surface area contributed by atoms with E-state index in [9.17, 15) is 4.79 Å². The standard InChI is InChI=1S/C16H29N3O2/c1-15(2)9-13(10-16(3,4)19-15)18-14(20)17-11-12-5-7-21-8-6-12/h11,13,19H,5-10H2,1-4H3,(H2,17,18,20). The lowest BCUT2D eigenvalue weighted by molar-refractivity contribution is 0.119. The summed E-state index contributed by atoms with van der Waals surface area (Å²) < 4.78 is 5.30. The zero-order chi connectivity index (χ0) is 15.5. The van der Waals surface area contributed by atoms with Crippen LogP contribution in [-0.4, -0.2) is 36.4 Å². The Balaban J connectivity index is 1.84. The summed E-state index contributed by atoms with van der Waals surface area (Å²) in [5.41, 5.74) is 1.33. The summed E-state index contributed by atoms with van der Waals surface area (Å²) in [6.45, 7) is 10.3. The molecular formula is C16H29N3O2. The summed E-state index contributed by atoms with van der Waals surface area (Å²) in [5, 5.41) is 9.59. The Kier molecular flexibility index (Phi) is 4.94. The monoisotopic (exact) mass is 295 g/mol. The highest BCUT2D eigenvalue weighted by Gasteiger charge is 2.38. The van der Waals surface area contributed by atoms with E-state index in [1.54, 1.807) is 0 Å². The molecule has 2 fully saturated rings. The lowest BCUT2D eigenvalue weighted by Crippen LogP contribution is -2.62. The van der Waals surface area contributed by atoms with Gasteiger partial charge in [-0.15, -0.1) is 0 Å². The van der Waals surface area contributed by atoms with Crippen LogP contribution in [0.25, 0.3) is 0 Å². The molecule has 0 bridgehead atoms. The van der Waals surface area contributed by atoms with Gasteiger partial charge in [0.1, 0.15) is 0 Å². The zero-order valence-electron chi connectivity index (χ0n) is 13.7. The SMILES string of the molecule is CC1(C)CC(NC(=O)NC=C2CCOCC2)CC(C)(C)N1. The van der Waals surface area contributed by atoms with Crippen LogP contribution in [0, 0.1) is 0 Å². The largest absolute Gasteiger partial charge is 0.381 e. The van der Waals surface area contributed by atoms with Crippen molar-refractivity contribution >= 4 is 6.03 Å². The average Bonchev–Trinajstić information content (AvgIpc) is 2.33. The topological polar surface area (TPSA) is 62.4 Å². The van der Waals surface area contributed by atoms with Gasteiger partial charge in [0.2, 0.25) is 0 Å². The van der Waals surface area contributed by atoms with Crippen molar-refractivity contribution in [3.05, 3.63) is 11.8 Å². The second kappa shape index (κ2) is 6.36. The molecule has 0 aliphatic carbocycles. The van der Waals surface area contributed by atoms with E-state index < -0.39 is 0 Å². The predicted molar refractivity (Wildman–Crippen MR) is 84.1 cm³/mol. The summed E-state index contributed by atoms with van der Waals surface area (Å²) in [5.74, 6) is 0. The van der Waals surface area contributed by atoms with Gasteiger partial charge in [-0.25, -0.2) is 4.79 Å². The highest BCUT2D eigenvalue weighted by Crippen LogP contribution is 2.28. The van der Waals surface area contributed by atoms with Crippen molar-refractivity contribution in [3.63, 3.8) is 0 Å². The number of ether oxygens (including phenoxy) is 1. The molecule has 2 amide bonds. The van der Waals surface area contributed by atoms with Crippen LogP contribution in [0.15, 0.2) is 11.8 Å². The number of carbonyl (C=O) groups excluding carboxylic acids is 1. The van der Waals surface area contributed by atoms with Crippen molar-refractivity contribution < 1.29 is 9.53 Å². The minimum Gasteiger partial charge on any atom is -0.381 e. The first kappa shape index (κ1) is 16.3. The first-order valence-electron chi connectivity index (χ1n) is 7.88. The number of hydrogen-bond donors (Lipinski definition) is 3. The van der Waals surface area contributed by atoms with Crippen LogP contribution in [0.3, 0.4) is 0 Å². The van der Waals surface area contributed by atoms with Crippen molar-refractivity contribution in [2.75, 3.05) is 13.2 Å². The molecule has 2 aliphatic heterocycles. The third-order valence-corrected chi connectivity index (χ3v) is 4.07. The molecule has 0 aromatic heterocycles. The first-order valence-corrected chi connectivity index (χ1v) is 7.88. The minimum absolute atomic E-state index is 0.0405. The molecule has 0 aromatic carbocycles. The summed E-state index contributed by atoms with van der Waals surface area (Å²) in [7, 11) is 0. The van der Waals surface area contributed by atoms with Gasteiger partial charge in [0.25, 0.3) is 0 Å². The molecule has 2 saturated heterocycles. The molecular weight excluding hydrogens is 266 g/mol. The summed E-state index contributed by atoms with van der Waals surface area (Å²) >= 11 is 0. The number of piperidine rings is 1. The highest BCUT2D eigenvalue weighted by molar-refractivity contribution is 5.75. The maximum Gasteiger partial charge on any atom is 0.318 e. The van der Waals surface area contributed by atoms with Gasteiger partial charge in [-0.05, 0) is 59.0 Å². The second-order valence-electron chi connectivity index (χ2n) is 7.53. The maximum atomic E-state index is 12.1. The predicted octanol–water partition coefficient (Wildman–Crippen LogP) is 2.29. The van der Waals surface area contributed by atoms with E-state index >= 15 is 0 Å². The Hall–Kier alpha value is -1.07. The Morgan fingerprint density at radius 1 is 1.19 bits per heavy atom. The van der Waals surface area contributed by atoms with E-state index in [1.165, 1.54) is 5.57 Å². The number of carbonyl (C=O) groups is 1. The normalized spacial score (nSPS) is 25.2. The zero-order valence-corrected chi connectivity index (χ0v) is 13.7.